The lowest BCUT2D eigenvalue weighted by Crippen LogP contribution is -2.25. The van der Waals surface area contributed by atoms with Crippen LogP contribution < -0.4 is 10.1 Å². The van der Waals surface area contributed by atoms with Crippen molar-refractivity contribution in [2.24, 2.45) is 0 Å². The van der Waals surface area contributed by atoms with Crippen LogP contribution in [0.4, 0.5) is 5.69 Å². The van der Waals surface area contributed by atoms with Gasteiger partial charge in [-0.1, -0.05) is 32.6 Å². The molecule has 5 nitrogen and oxygen atoms in total. The lowest BCUT2D eigenvalue weighted by Gasteiger charge is -2.18. The summed E-state index contributed by atoms with van der Waals surface area (Å²) in [6.07, 6.45) is 0. The first-order valence-electron chi connectivity index (χ1n) is 6.86. The predicted molar refractivity (Wildman–Crippen MR) is 92.6 cm³/mol. The molecule has 114 valence electrons. The molecule has 1 aliphatic rings. The van der Waals surface area contributed by atoms with Gasteiger partial charge in [-0.2, -0.15) is 0 Å². The molecule has 0 fully saturated rings. The zero-order valence-electron chi connectivity index (χ0n) is 11.7. The van der Waals surface area contributed by atoms with E-state index in [0.717, 1.165) is 26.2 Å². The van der Waals surface area contributed by atoms with Crippen molar-refractivity contribution in [3.8, 4) is 27.4 Å². The number of nitrogens with zero attached hydrogens (tertiary/aromatic N) is 2. The van der Waals surface area contributed by atoms with E-state index in [9.17, 15) is 4.79 Å². The summed E-state index contributed by atoms with van der Waals surface area (Å²) in [4.78, 5) is 12.5. The van der Waals surface area contributed by atoms with Crippen molar-refractivity contribution in [3.63, 3.8) is 0 Å². The van der Waals surface area contributed by atoms with Crippen LogP contribution in [0, 0.1) is 0 Å². The molecule has 2 heterocycles. The molecule has 0 saturated heterocycles. The Morgan fingerprint density at radius 1 is 1.13 bits per heavy atom. The summed E-state index contributed by atoms with van der Waals surface area (Å²) in [5.74, 6) is 0.515. The van der Waals surface area contributed by atoms with Crippen LogP contribution in [0.15, 0.2) is 46.9 Å². The normalized spacial score (nSPS) is 13.2. The van der Waals surface area contributed by atoms with Gasteiger partial charge in [0.1, 0.15) is 11.4 Å². The molecule has 0 spiro atoms. The summed E-state index contributed by atoms with van der Waals surface area (Å²) in [6, 6.07) is 13.6. The van der Waals surface area contributed by atoms with Crippen molar-refractivity contribution in [2.75, 3.05) is 11.9 Å². The Bertz CT molecular complexity index is 893. The number of halogens is 1. The average molecular weight is 388 g/mol. The fraction of sp³-hybridized carbons (Fsp3) is 0.0625. The summed E-state index contributed by atoms with van der Waals surface area (Å²) in [6.45, 7) is 0.0503. The molecule has 4 rings (SSSR count). The molecule has 0 saturated carbocycles. The Balaban J connectivity index is 1.77. The number of fused-ring (bicyclic) bond motifs is 1. The minimum atomic E-state index is -0.154. The zero-order chi connectivity index (χ0) is 15.8. The van der Waals surface area contributed by atoms with E-state index in [4.69, 9.17) is 4.74 Å². The number of nitrogens with one attached hydrogen (secondary N) is 1. The van der Waals surface area contributed by atoms with Gasteiger partial charge in [0.15, 0.2) is 6.61 Å². The third kappa shape index (κ3) is 2.73. The van der Waals surface area contributed by atoms with Gasteiger partial charge in [-0.05, 0) is 47.4 Å². The van der Waals surface area contributed by atoms with Crippen molar-refractivity contribution in [3.05, 3.63) is 46.9 Å². The van der Waals surface area contributed by atoms with Crippen LogP contribution in [0.3, 0.4) is 0 Å². The minimum Gasteiger partial charge on any atom is -0.482 e. The summed E-state index contributed by atoms with van der Waals surface area (Å²) < 4.78 is 10.5. The number of hydrogen-bond donors (Lipinski definition) is 1. The van der Waals surface area contributed by atoms with Gasteiger partial charge >= 0.3 is 0 Å². The first kappa shape index (κ1) is 14.3. The Hall–Kier alpha value is -2.25. The van der Waals surface area contributed by atoms with Gasteiger partial charge < -0.3 is 10.1 Å². The molecule has 1 aliphatic heterocycles. The number of hydrogen-bond acceptors (Lipinski definition) is 5. The van der Waals surface area contributed by atoms with Crippen LogP contribution in [0.2, 0.25) is 0 Å². The number of aromatic nitrogens is 2. The highest BCUT2D eigenvalue weighted by Crippen LogP contribution is 2.37. The van der Waals surface area contributed by atoms with Crippen molar-refractivity contribution < 1.29 is 9.53 Å². The van der Waals surface area contributed by atoms with Gasteiger partial charge in [-0.15, -0.1) is 5.10 Å². The Morgan fingerprint density at radius 3 is 2.74 bits per heavy atom. The Morgan fingerprint density at radius 2 is 1.91 bits per heavy atom. The number of anilines is 1. The standard InChI is InChI=1S/C16H10BrN3O2S/c17-11-4-1-9(2-5-11)16-15(19-20-23-16)10-3-6-13-12(7-10)18-14(21)8-22-13/h1-7H,8H2,(H,18,21). The van der Waals surface area contributed by atoms with Crippen molar-refractivity contribution in [1.82, 2.24) is 9.59 Å². The van der Waals surface area contributed by atoms with Crippen LogP contribution >= 0.6 is 27.5 Å². The first-order valence-corrected chi connectivity index (χ1v) is 8.43. The van der Waals surface area contributed by atoms with E-state index in [1.165, 1.54) is 11.5 Å². The molecule has 3 aromatic rings. The Labute approximate surface area is 144 Å². The quantitative estimate of drug-likeness (QED) is 0.722. The van der Waals surface area contributed by atoms with Crippen molar-refractivity contribution in [2.45, 2.75) is 0 Å². The van der Waals surface area contributed by atoms with Crippen LogP contribution in [0.1, 0.15) is 0 Å². The minimum absolute atomic E-state index is 0.0503. The number of ether oxygens (including phenoxy) is 1. The number of carbonyl (C=O) groups excluding carboxylic acids is 1. The molecule has 0 bridgehead atoms. The van der Waals surface area contributed by atoms with Crippen LogP contribution in [0.25, 0.3) is 21.7 Å². The molecule has 1 amide bonds. The highest BCUT2D eigenvalue weighted by atomic mass is 79.9. The van der Waals surface area contributed by atoms with Crippen molar-refractivity contribution in [1.29, 1.82) is 0 Å². The van der Waals surface area contributed by atoms with E-state index in [-0.39, 0.29) is 12.5 Å². The Kier molecular flexibility index (Phi) is 3.59. The maximum atomic E-state index is 11.5. The molecule has 0 radical (unpaired) electrons. The van der Waals surface area contributed by atoms with Crippen LogP contribution in [-0.2, 0) is 4.79 Å². The third-order valence-corrected chi connectivity index (χ3v) is 4.78. The number of amides is 1. The maximum Gasteiger partial charge on any atom is 0.262 e. The predicted octanol–water partition coefficient (Wildman–Crippen LogP) is 3.97. The summed E-state index contributed by atoms with van der Waals surface area (Å²) in [5, 5.41) is 7.07. The fourth-order valence-corrected chi connectivity index (χ4v) is 3.36. The first-order chi connectivity index (χ1) is 11.2. The number of rotatable bonds is 2. The number of carbonyl (C=O) groups is 1. The highest BCUT2D eigenvalue weighted by Gasteiger charge is 2.19. The van der Waals surface area contributed by atoms with Gasteiger partial charge in [-0.3, -0.25) is 4.79 Å². The van der Waals surface area contributed by atoms with Gasteiger partial charge in [0.25, 0.3) is 5.91 Å². The van der Waals surface area contributed by atoms with Crippen LogP contribution in [0.5, 0.6) is 5.75 Å². The fourth-order valence-electron chi connectivity index (χ4n) is 2.40. The van der Waals surface area contributed by atoms with E-state index >= 15 is 0 Å². The summed E-state index contributed by atoms with van der Waals surface area (Å²) >= 11 is 4.78. The second-order valence-electron chi connectivity index (χ2n) is 5.01. The van der Waals surface area contributed by atoms with Crippen molar-refractivity contribution >= 4 is 39.1 Å². The summed E-state index contributed by atoms with van der Waals surface area (Å²) in [5.41, 5.74) is 3.39. The van der Waals surface area contributed by atoms with Crippen LogP contribution in [-0.4, -0.2) is 22.1 Å². The van der Waals surface area contributed by atoms with Gasteiger partial charge in [0.2, 0.25) is 0 Å². The lowest BCUT2D eigenvalue weighted by molar-refractivity contribution is -0.118. The number of benzene rings is 2. The molecule has 7 heteroatoms. The SMILES string of the molecule is O=C1COc2ccc(-c3nnsc3-c3ccc(Br)cc3)cc2N1. The van der Waals surface area contributed by atoms with E-state index in [0.29, 0.717) is 11.4 Å². The average Bonchev–Trinajstić information content (AvgIpc) is 3.04. The maximum absolute atomic E-state index is 11.5. The van der Waals surface area contributed by atoms with E-state index < -0.39 is 0 Å². The molecule has 0 unspecified atom stereocenters. The molecule has 0 aliphatic carbocycles. The zero-order valence-corrected chi connectivity index (χ0v) is 14.1. The largest absolute Gasteiger partial charge is 0.482 e. The monoisotopic (exact) mass is 387 g/mol. The molecule has 23 heavy (non-hydrogen) atoms. The smallest absolute Gasteiger partial charge is 0.262 e. The topological polar surface area (TPSA) is 64.1 Å². The third-order valence-electron chi connectivity index (χ3n) is 3.48. The van der Waals surface area contributed by atoms with Gasteiger partial charge in [-0.25, -0.2) is 0 Å². The highest BCUT2D eigenvalue weighted by molar-refractivity contribution is 9.10. The second kappa shape index (κ2) is 5.75. The lowest BCUT2D eigenvalue weighted by atomic mass is 10.1. The molecule has 0 atom stereocenters. The molecular formula is C16H10BrN3O2S. The van der Waals surface area contributed by atoms with E-state index in [1.807, 2.05) is 42.5 Å². The van der Waals surface area contributed by atoms with Gasteiger partial charge in [0.05, 0.1) is 10.6 Å². The molecule has 2 aromatic carbocycles. The molecule has 1 N–H and O–H groups in total. The molecular weight excluding hydrogens is 378 g/mol. The second-order valence-corrected chi connectivity index (χ2v) is 6.68. The van der Waals surface area contributed by atoms with E-state index in [1.54, 1.807) is 0 Å². The van der Waals surface area contributed by atoms with Gasteiger partial charge in [0, 0.05) is 10.0 Å². The summed E-state index contributed by atoms with van der Waals surface area (Å²) in [7, 11) is 0. The van der Waals surface area contributed by atoms with E-state index in [2.05, 4.69) is 30.8 Å². The molecule has 1 aromatic heterocycles.